The zero-order chi connectivity index (χ0) is 18.3. The van der Waals surface area contributed by atoms with Gasteiger partial charge in [-0.25, -0.2) is 4.99 Å². The van der Waals surface area contributed by atoms with Crippen LogP contribution >= 0.6 is 0 Å². The van der Waals surface area contributed by atoms with Crippen LogP contribution in [-0.4, -0.2) is 45.5 Å². The maximum Gasteiger partial charge on any atom is 0.191 e. The fourth-order valence-electron chi connectivity index (χ4n) is 2.34. The van der Waals surface area contributed by atoms with Crippen molar-refractivity contribution in [2.24, 2.45) is 12.0 Å². The van der Waals surface area contributed by atoms with Crippen molar-refractivity contribution in [3.63, 3.8) is 0 Å². The molecule has 2 rings (SSSR count). The van der Waals surface area contributed by atoms with Gasteiger partial charge >= 0.3 is 0 Å². The van der Waals surface area contributed by atoms with Crippen molar-refractivity contribution < 1.29 is 5.11 Å². The topological polar surface area (TPSA) is 87.4 Å². The molecule has 0 saturated carbocycles. The summed E-state index contributed by atoms with van der Waals surface area (Å²) in [5, 5.41) is 21.2. The average molecular weight is 344 g/mol. The van der Waals surface area contributed by atoms with Crippen LogP contribution < -0.4 is 10.6 Å². The Morgan fingerprint density at radius 3 is 2.72 bits per heavy atom. The molecule has 1 atom stereocenters. The van der Waals surface area contributed by atoms with Crippen LogP contribution in [0.25, 0.3) is 0 Å². The number of hydrogen-bond acceptors (Lipinski definition) is 4. The van der Waals surface area contributed by atoms with Gasteiger partial charge in [0.2, 0.25) is 0 Å². The molecule has 7 heteroatoms. The van der Waals surface area contributed by atoms with E-state index in [1.807, 2.05) is 33.2 Å². The molecule has 0 aromatic carbocycles. The van der Waals surface area contributed by atoms with Crippen LogP contribution in [0.3, 0.4) is 0 Å². The van der Waals surface area contributed by atoms with Gasteiger partial charge in [0.15, 0.2) is 5.96 Å². The van der Waals surface area contributed by atoms with Crippen LogP contribution in [0, 0.1) is 6.92 Å². The molecule has 0 aliphatic carbocycles. The van der Waals surface area contributed by atoms with Gasteiger partial charge in [0, 0.05) is 43.8 Å². The lowest BCUT2D eigenvalue weighted by molar-refractivity contribution is 0.0672. The quantitative estimate of drug-likeness (QED) is 0.518. The van der Waals surface area contributed by atoms with Crippen LogP contribution in [0.2, 0.25) is 0 Å². The number of aromatic nitrogens is 3. The number of aryl methyl sites for hydroxylation is 2. The number of hydrogen-bond donors (Lipinski definition) is 3. The minimum Gasteiger partial charge on any atom is -0.383 e. The fraction of sp³-hybridized carbons (Fsp3) is 0.500. The molecule has 0 saturated heterocycles. The number of nitrogens with zero attached hydrogens (tertiary/aromatic N) is 4. The second kappa shape index (κ2) is 8.62. The molecule has 7 nitrogen and oxygen atoms in total. The van der Waals surface area contributed by atoms with E-state index in [4.69, 9.17) is 0 Å². The fourth-order valence-corrected chi connectivity index (χ4v) is 2.34. The minimum absolute atomic E-state index is 0.250. The van der Waals surface area contributed by atoms with E-state index in [9.17, 15) is 5.11 Å². The van der Waals surface area contributed by atoms with Crippen LogP contribution in [0.1, 0.15) is 30.7 Å². The van der Waals surface area contributed by atoms with Gasteiger partial charge in [-0.1, -0.05) is 6.07 Å². The summed E-state index contributed by atoms with van der Waals surface area (Å²) in [6, 6.07) is 4.10. The summed E-state index contributed by atoms with van der Waals surface area (Å²) < 4.78 is 1.67. The second-order valence-corrected chi connectivity index (χ2v) is 6.36. The number of pyridine rings is 1. The summed E-state index contributed by atoms with van der Waals surface area (Å²) in [4.78, 5) is 8.81. The van der Waals surface area contributed by atoms with Crippen LogP contribution in [0.15, 0.2) is 35.7 Å². The Kier molecular flexibility index (Phi) is 6.52. The van der Waals surface area contributed by atoms with Gasteiger partial charge in [0.05, 0.1) is 12.7 Å². The summed E-state index contributed by atoms with van der Waals surface area (Å²) in [5.41, 5.74) is 1.89. The largest absolute Gasteiger partial charge is 0.383 e. The molecule has 136 valence electrons. The number of rotatable bonds is 7. The van der Waals surface area contributed by atoms with Crippen molar-refractivity contribution in [2.75, 3.05) is 19.6 Å². The van der Waals surface area contributed by atoms with E-state index in [0.29, 0.717) is 5.96 Å². The zero-order valence-electron chi connectivity index (χ0n) is 15.5. The lowest BCUT2D eigenvalue weighted by Gasteiger charge is -2.20. The van der Waals surface area contributed by atoms with Gasteiger partial charge in [0.1, 0.15) is 5.60 Å². The predicted molar refractivity (Wildman–Crippen MR) is 99.4 cm³/mol. The maximum atomic E-state index is 10.6. The first kappa shape index (κ1) is 18.9. The van der Waals surface area contributed by atoms with E-state index < -0.39 is 5.60 Å². The predicted octanol–water partition coefficient (Wildman–Crippen LogP) is 1.13. The lowest BCUT2D eigenvalue weighted by Crippen LogP contribution is -2.39. The van der Waals surface area contributed by atoms with E-state index in [0.717, 1.165) is 30.8 Å². The van der Waals surface area contributed by atoms with Crippen LogP contribution in [0.5, 0.6) is 0 Å². The van der Waals surface area contributed by atoms with E-state index in [1.165, 1.54) is 5.56 Å². The second-order valence-electron chi connectivity index (χ2n) is 6.36. The van der Waals surface area contributed by atoms with Crippen molar-refractivity contribution in [3.8, 4) is 0 Å². The van der Waals surface area contributed by atoms with Gasteiger partial charge < -0.3 is 15.7 Å². The highest BCUT2D eigenvalue weighted by Crippen LogP contribution is 2.19. The maximum absolute atomic E-state index is 10.6. The highest BCUT2D eigenvalue weighted by Gasteiger charge is 2.24. The molecule has 25 heavy (non-hydrogen) atoms. The van der Waals surface area contributed by atoms with Gasteiger partial charge in [-0.2, -0.15) is 5.10 Å². The Bertz CT molecular complexity index is 690. The molecule has 0 radical (unpaired) electrons. The molecule has 0 aliphatic heterocycles. The summed E-state index contributed by atoms with van der Waals surface area (Å²) in [7, 11) is 1.83. The van der Waals surface area contributed by atoms with Crippen molar-refractivity contribution in [2.45, 2.75) is 32.8 Å². The molecule has 0 spiro atoms. The first-order valence-corrected chi connectivity index (χ1v) is 8.56. The third-order valence-electron chi connectivity index (χ3n) is 3.89. The standard InChI is InChI=1S/C18H28N6O/c1-5-19-17(20-9-8-15-7-6-14(2)21-10-15)22-13-18(3,25)16-11-23-24(4)12-16/h6-7,10-12,25H,5,8-9,13H2,1-4H3,(H2,19,20,22). The molecular weight excluding hydrogens is 316 g/mol. The molecule has 0 aliphatic rings. The van der Waals surface area contributed by atoms with E-state index in [1.54, 1.807) is 24.0 Å². The van der Waals surface area contributed by atoms with Crippen LogP contribution in [-0.2, 0) is 19.1 Å². The number of aliphatic hydroxyl groups is 1. The van der Waals surface area contributed by atoms with Gasteiger partial charge in [-0.05, 0) is 38.8 Å². The van der Waals surface area contributed by atoms with Crippen molar-refractivity contribution in [3.05, 3.63) is 47.5 Å². The monoisotopic (exact) mass is 344 g/mol. The SMILES string of the molecule is CCNC(=NCC(C)(O)c1cnn(C)c1)NCCc1ccc(C)nc1. The van der Waals surface area contributed by atoms with Crippen molar-refractivity contribution >= 4 is 5.96 Å². The molecular formula is C18H28N6O. The number of aliphatic imine (C=N–C) groups is 1. The molecule has 0 fully saturated rings. The Morgan fingerprint density at radius 2 is 2.12 bits per heavy atom. The van der Waals surface area contributed by atoms with Gasteiger partial charge in [-0.15, -0.1) is 0 Å². The molecule has 3 N–H and O–H groups in total. The van der Waals surface area contributed by atoms with Gasteiger partial charge in [-0.3, -0.25) is 9.67 Å². The number of guanidine groups is 1. The highest BCUT2D eigenvalue weighted by atomic mass is 16.3. The molecule has 1 unspecified atom stereocenters. The molecule has 2 aromatic rings. The first-order chi connectivity index (χ1) is 11.9. The minimum atomic E-state index is -1.06. The van der Waals surface area contributed by atoms with Gasteiger partial charge in [0.25, 0.3) is 0 Å². The zero-order valence-corrected chi connectivity index (χ0v) is 15.5. The van der Waals surface area contributed by atoms with E-state index in [-0.39, 0.29) is 6.54 Å². The summed E-state index contributed by atoms with van der Waals surface area (Å²) >= 11 is 0. The van der Waals surface area contributed by atoms with Crippen molar-refractivity contribution in [1.82, 2.24) is 25.4 Å². The van der Waals surface area contributed by atoms with E-state index >= 15 is 0 Å². The highest BCUT2D eigenvalue weighted by molar-refractivity contribution is 5.79. The number of nitrogens with one attached hydrogen (secondary N) is 2. The normalized spacial score (nSPS) is 14.2. The Morgan fingerprint density at radius 1 is 1.32 bits per heavy atom. The Labute approximate surface area is 149 Å². The lowest BCUT2D eigenvalue weighted by atomic mass is 10.0. The van der Waals surface area contributed by atoms with E-state index in [2.05, 4.69) is 31.8 Å². The Balaban J connectivity index is 1.92. The first-order valence-electron chi connectivity index (χ1n) is 8.56. The molecule has 2 aromatic heterocycles. The molecule has 2 heterocycles. The third kappa shape index (κ3) is 5.86. The summed E-state index contributed by atoms with van der Waals surface area (Å²) in [5.74, 6) is 0.687. The molecule has 0 bridgehead atoms. The van der Waals surface area contributed by atoms with Crippen molar-refractivity contribution in [1.29, 1.82) is 0 Å². The smallest absolute Gasteiger partial charge is 0.191 e. The third-order valence-corrected chi connectivity index (χ3v) is 3.89. The molecule has 0 amide bonds. The Hall–Kier alpha value is -2.41. The summed E-state index contributed by atoms with van der Waals surface area (Å²) in [6.45, 7) is 7.49. The average Bonchev–Trinajstić information content (AvgIpc) is 3.02. The summed E-state index contributed by atoms with van der Waals surface area (Å²) in [6.07, 6.45) is 6.23. The van der Waals surface area contributed by atoms with Crippen LogP contribution in [0.4, 0.5) is 0 Å².